The van der Waals surface area contributed by atoms with Crippen molar-refractivity contribution in [2.75, 3.05) is 42.4 Å². The molecule has 27 heavy (non-hydrogen) atoms. The van der Waals surface area contributed by atoms with Crippen LogP contribution < -0.4 is 19.9 Å². The third-order valence-corrected chi connectivity index (χ3v) is 4.91. The molecule has 142 valence electrons. The number of nitrogens with zero attached hydrogens (tertiary/aromatic N) is 2. The van der Waals surface area contributed by atoms with Crippen LogP contribution in [0.5, 0.6) is 5.75 Å². The zero-order valence-corrected chi connectivity index (χ0v) is 15.9. The lowest BCUT2D eigenvalue weighted by Gasteiger charge is -2.19. The van der Waals surface area contributed by atoms with Gasteiger partial charge in [0.15, 0.2) is 0 Å². The van der Waals surface area contributed by atoms with Gasteiger partial charge in [0, 0.05) is 43.6 Å². The van der Waals surface area contributed by atoms with Crippen molar-refractivity contribution in [3.05, 3.63) is 48.5 Å². The first kappa shape index (κ1) is 18.8. The number of amides is 2. The van der Waals surface area contributed by atoms with Gasteiger partial charge in [-0.15, -0.1) is 0 Å². The van der Waals surface area contributed by atoms with Gasteiger partial charge in [0.25, 0.3) is 0 Å². The maximum absolute atomic E-state index is 12.7. The van der Waals surface area contributed by atoms with Crippen molar-refractivity contribution in [3.63, 3.8) is 0 Å². The van der Waals surface area contributed by atoms with Crippen LogP contribution in [0.1, 0.15) is 13.3 Å². The summed E-state index contributed by atoms with van der Waals surface area (Å²) >= 11 is 0. The number of methoxy groups -OCH3 is 1. The zero-order valence-electron chi connectivity index (χ0n) is 15.9. The summed E-state index contributed by atoms with van der Waals surface area (Å²) in [7, 11) is 3.60. The molecule has 1 aliphatic heterocycles. The molecule has 2 aromatic rings. The zero-order chi connectivity index (χ0) is 19.4. The average molecular weight is 367 g/mol. The van der Waals surface area contributed by atoms with Crippen LogP contribution in [0.15, 0.2) is 48.5 Å². The van der Waals surface area contributed by atoms with E-state index in [0.29, 0.717) is 6.54 Å². The summed E-state index contributed by atoms with van der Waals surface area (Å²) in [4.78, 5) is 28.8. The number of nitrogens with one attached hydrogen (secondary N) is 1. The monoisotopic (exact) mass is 367 g/mol. The smallest absolute Gasteiger partial charge is 0.229 e. The quantitative estimate of drug-likeness (QED) is 0.852. The summed E-state index contributed by atoms with van der Waals surface area (Å²) in [5.41, 5.74) is 2.56. The topological polar surface area (TPSA) is 61.9 Å². The molecule has 6 heteroatoms. The summed E-state index contributed by atoms with van der Waals surface area (Å²) < 4.78 is 5.15. The molecule has 2 amide bonds. The second-order valence-electron chi connectivity index (χ2n) is 6.66. The van der Waals surface area contributed by atoms with Gasteiger partial charge in [-0.1, -0.05) is 6.07 Å². The van der Waals surface area contributed by atoms with E-state index in [-0.39, 0.29) is 24.2 Å². The molecule has 0 bridgehead atoms. The molecule has 2 aromatic carbocycles. The van der Waals surface area contributed by atoms with Crippen molar-refractivity contribution in [2.24, 2.45) is 5.92 Å². The molecule has 1 aliphatic rings. The number of carbonyl (C=O) groups is 2. The van der Waals surface area contributed by atoms with Crippen molar-refractivity contribution in [1.29, 1.82) is 0 Å². The molecule has 1 saturated heterocycles. The minimum Gasteiger partial charge on any atom is -0.497 e. The molecule has 0 aromatic heterocycles. The third kappa shape index (κ3) is 4.22. The fourth-order valence-electron chi connectivity index (χ4n) is 3.14. The van der Waals surface area contributed by atoms with E-state index in [2.05, 4.69) is 17.1 Å². The molecule has 6 nitrogen and oxygen atoms in total. The molecular weight excluding hydrogens is 342 g/mol. The van der Waals surface area contributed by atoms with E-state index in [1.54, 1.807) is 12.0 Å². The minimum atomic E-state index is -0.368. The van der Waals surface area contributed by atoms with Gasteiger partial charge in [0.1, 0.15) is 5.75 Å². The lowest BCUT2D eigenvalue weighted by Crippen LogP contribution is -2.28. The Hall–Kier alpha value is -3.02. The Bertz CT molecular complexity index is 820. The van der Waals surface area contributed by atoms with Gasteiger partial charge >= 0.3 is 0 Å². The molecule has 0 saturated carbocycles. The van der Waals surface area contributed by atoms with Gasteiger partial charge in [-0.05, 0) is 49.4 Å². The van der Waals surface area contributed by atoms with Gasteiger partial charge in [0.2, 0.25) is 11.8 Å². The third-order valence-electron chi connectivity index (χ3n) is 4.91. The van der Waals surface area contributed by atoms with Crippen LogP contribution in [-0.4, -0.2) is 39.1 Å². The highest BCUT2D eigenvalue weighted by Crippen LogP contribution is 2.28. The highest BCUT2D eigenvalue weighted by molar-refractivity contribution is 6.03. The highest BCUT2D eigenvalue weighted by Gasteiger charge is 2.35. The van der Waals surface area contributed by atoms with E-state index in [1.807, 2.05) is 55.6 Å². The van der Waals surface area contributed by atoms with Crippen LogP contribution in [0, 0.1) is 5.92 Å². The first-order chi connectivity index (χ1) is 13.0. The van der Waals surface area contributed by atoms with Crippen LogP contribution in [0.4, 0.5) is 17.1 Å². The van der Waals surface area contributed by atoms with Crippen molar-refractivity contribution >= 4 is 28.9 Å². The van der Waals surface area contributed by atoms with E-state index in [1.165, 1.54) is 0 Å². The Labute approximate surface area is 159 Å². The van der Waals surface area contributed by atoms with Crippen molar-refractivity contribution in [1.82, 2.24) is 0 Å². The Morgan fingerprint density at radius 3 is 2.67 bits per heavy atom. The molecule has 3 rings (SSSR count). The van der Waals surface area contributed by atoms with Gasteiger partial charge in [0.05, 0.1) is 13.0 Å². The minimum absolute atomic E-state index is 0.0419. The number of rotatable bonds is 6. The molecule has 1 atom stereocenters. The lowest BCUT2D eigenvalue weighted by atomic mass is 10.1. The highest BCUT2D eigenvalue weighted by atomic mass is 16.5. The van der Waals surface area contributed by atoms with Gasteiger partial charge < -0.3 is 19.9 Å². The molecule has 0 spiro atoms. The molecule has 1 N–H and O–H groups in total. The van der Waals surface area contributed by atoms with Crippen LogP contribution >= 0.6 is 0 Å². The van der Waals surface area contributed by atoms with E-state index in [4.69, 9.17) is 4.74 Å². The maximum atomic E-state index is 12.7. The SMILES string of the molecule is CCN(C)c1cccc(NC(=O)[C@@H]2CC(=O)N(c3ccc(OC)cc3)C2)c1. The summed E-state index contributed by atoms with van der Waals surface area (Å²) in [6, 6.07) is 15.0. The Balaban J connectivity index is 1.67. The second kappa shape index (κ2) is 8.12. The summed E-state index contributed by atoms with van der Waals surface area (Å²) in [5.74, 6) is 0.194. The molecule has 0 aliphatic carbocycles. The Morgan fingerprint density at radius 1 is 1.26 bits per heavy atom. The normalized spacial score (nSPS) is 16.3. The van der Waals surface area contributed by atoms with Crippen LogP contribution in [0.2, 0.25) is 0 Å². The summed E-state index contributed by atoms with van der Waals surface area (Å²) in [6.07, 6.45) is 0.215. The number of ether oxygens (including phenoxy) is 1. The van der Waals surface area contributed by atoms with Gasteiger partial charge in [-0.2, -0.15) is 0 Å². The van der Waals surface area contributed by atoms with Crippen molar-refractivity contribution in [3.8, 4) is 5.75 Å². The predicted octanol–water partition coefficient (Wildman–Crippen LogP) is 3.14. The van der Waals surface area contributed by atoms with E-state index >= 15 is 0 Å². The average Bonchev–Trinajstić information content (AvgIpc) is 3.09. The first-order valence-electron chi connectivity index (χ1n) is 9.08. The fourth-order valence-corrected chi connectivity index (χ4v) is 3.14. The number of carbonyl (C=O) groups excluding carboxylic acids is 2. The molecular formula is C21H25N3O3. The Kier molecular flexibility index (Phi) is 5.64. The molecule has 0 unspecified atom stereocenters. The standard InChI is InChI=1S/C21H25N3O3/c1-4-23(2)18-7-5-6-16(13-18)22-21(26)15-12-20(25)24(14-15)17-8-10-19(27-3)11-9-17/h5-11,13,15H,4,12,14H2,1-3H3,(H,22,26)/t15-/m1/s1. The fraction of sp³-hybridized carbons (Fsp3) is 0.333. The summed E-state index contributed by atoms with van der Waals surface area (Å²) in [6.45, 7) is 3.33. The molecule has 1 fully saturated rings. The van der Waals surface area contributed by atoms with Crippen molar-refractivity contribution in [2.45, 2.75) is 13.3 Å². The van der Waals surface area contributed by atoms with Crippen LogP contribution in [0.3, 0.4) is 0 Å². The maximum Gasteiger partial charge on any atom is 0.229 e. The first-order valence-corrected chi connectivity index (χ1v) is 9.08. The van der Waals surface area contributed by atoms with Crippen LogP contribution in [-0.2, 0) is 9.59 Å². The number of hydrogen-bond donors (Lipinski definition) is 1. The second-order valence-corrected chi connectivity index (χ2v) is 6.66. The molecule has 0 radical (unpaired) electrons. The van der Waals surface area contributed by atoms with Gasteiger partial charge in [-0.3, -0.25) is 9.59 Å². The number of hydrogen-bond acceptors (Lipinski definition) is 4. The summed E-state index contributed by atoms with van der Waals surface area (Å²) in [5, 5.41) is 2.95. The van der Waals surface area contributed by atoms with E-state index in [9.17, 15) is 9.59 Å². The van der Waals surface area contributed by atoms with E-state index < -0.39 is 0 Å². The van der Waals surface area contributed by atoms with Crippen LogP contribution in [0.25, 0.3) is 0 Å². The van der Waals surface area contributed by atoms with Gasteiger partial charge in [-0.25, -0.2) is 0 Å². The number of anilines is 3. The largest absolute Gasteiger partial charge is 0.497 e. The predicted molar refractivity (Wildman–Crippen MR) is 107 cm³/mol. The number of benzene rings is 2. The Morgan fingerprint density at radius 2 is 2.00 bits per heavy atom. The van der Waals surface area contributed by atoms with E-state index in [0.717, 1.165) is 29.4 Å². The molecule has 1 heterocycles. The lowest BCUT2D eigenvalue weighted by molar-refractivity contribution is -0.122. The van der Waals surface area contributed by atoms with Crippen molar-refractivity contribution < 1.29 is 14.3 Å².